The summed E-state index contributed by atoms with van der Waals surface area (Å²) in [5, 5.41) is 3.90. The lowest BCUT2D eigenvalue weighted by molar-refractivity contribution is -0.136. The lowest BCUT2D eigenvalue weighted by Crippen LogP contribution is -2.49. The highest BCUT2D eigenvalue weighted by Crippen LogP contribution is 2.30. The lowest BCUT2D eigenvalue weighted by atomic mass is 9.91. The smallest absolute Gasteiger partial charge is 0.227 e. The molecule has 0 saturated carbocycles. The second-order valence-corrected chi connectivity index (χ2v) is 6.46. The van der Waals surface area contributed by atoms with Gasteiger partial charge in [0.15, 0.2) is 0 Å². The van der Waals surface area contributed by atoms with Crippen molar-refractivity contribution in [1.29, 1.82) is 0 Å². The van der Waals surface area contributed by atoms with Crippen LogP contribution in [0.2, 0.25) is 0 Å². The fourth-order valence-electron chi connectivity index (χ4n) is 3.95. The third kappa shape index (κ3) is 2.31. The Kier molecular flexibility index (Phi) is 3.36. The van der Waals surface area contributed by atoms with Gasteiger partial charge in [0, 0.05) is 24.0 Å². The van der Waals surface area contributed by atoms with Crippen LogP contribution in [0.3, 0.4) is 0 Å². The highest BCUT2D eigenvalue weighted by molar-refractivity contribution is 5.90. The zero-order valence-corrected chi connectivity index (χ0v) is 13.2. The molecular weight excluding hydrogens is 292 g/mol. The molecule has 0 spiro atoms. The van der Waals surface area contributed by atoms with Crippen molar-refractivity contribution in [3.8, 4) is 0 Å². The Hall–Kier alpha value is -2.30. The van der Waals surface area contributed by atoms with Gasteiger partial charge < -0.3 is 14.6 Å². The third-order valence-electron chi connectivity index (χ3n) is 5.15. The van der Waals surface area contributed by atoms with E-state index in [1.165, 1.54) is 0 Å². The number of furan rings is 1. The number of para-hydroxylation sites is 1. The van der Waals surface area contributed by atoms with Crippen LogP contribution in [0.25, 0.3) is 11.0 Å². The Bertz CT molecular complexity index is 780. The number of hydrogen-bond acceptors (Lipinski definition) is 3. The summed E-state index contributed by atoms with van der Waals surface area (Å²) in [5.41, 5.74) is 1.78. The van der Waals surface area contributed by atoms with Crippen LogP contribution < -0.4 is 5.32 Å². The van der Waals surface area contributed by atoms with Gasteiger partial charge in [-0.15, -0.1) is 0 Å². The molecule has 1 aromatic carbocycles. The second-order valence-electron chi connectivity index (χ2n) is 6.46. The van der Waals surface area contributed by atoms with Crippen LogP contribution in [0.4, 0.5) is 0 Å². The molecule has 23 heavy (non-hydrogen) atoms. The summed E-state index contributed by atoms with van der Waals surface area (Å²) >= 11 is 0. The zero-order valence-electron chi connectivity index (χ0n) is 13.2. The molecule has 2 amide bonds. The van der Waals surface area contributed by atoms with Gasteiger partial charge in [-0.05, 0) is 25.8 Å². The van der Waals surface area contributed by atoms with E-state index in [1.807, 2.05) is 36.1 Å². The topological polar surface area (TPSA) is 62.6 Å². The van der Waals surface area contributed by atoms with Crippen molar-refractivity contribution in [2.24, 2.45) is 5.92 Å². The van der Waals surface area contributed by atoms with Crippen LogP contribution >= 0.6 is 0 Å². The number of hydrogen-bond donors (Lipinski definition) is 1. The van der Waals surface area contributed by atoms with Crippen molar-refractivity contribution in [1.82, 2.24) is 10.2 Å². The first-order valence-corrected chi connectivity index (χ1v) is 8.19. The van der Waals surface area contributed by atoms with E-state index in [1.54, 1.807) is 0 Å². The maximum absolute atomic E-state index is 12.9. The molecule has 3 heterocycles. The highest BCUT2D eigenvalue weighted by Gasteiger charge is 2.42. The van der Waals surface area contributed by atoms with E-state index in [0.29, 0.717) is 13.0 Å². The van der Waals surface area contributed by atoms with Gasteiger partial charge in [-0.3, -0.25) is 9.59 Å². The molecule has 2 fully saturated rings. The number of fused-ring (bicyclic) bond motifs is 2. The Morgan fingerprint density at radius 3 is 3.09 bits per heavy atom. The quantitative estimate of drug-likeness (QED) is 0.923. The molecule has 2 aliphatic rings. The number of nitrogens with one attached hydrogen (secondary N) is 1. The van der Waals surface area contributed by atoms with Crippen LogP contribution in [-0.2, 0) is 16.0 Å². The number of carbonyl (C=O) groups excluding carboxylic acids is 2. The minimum absolute atomic E-state index is 0.0159. The molecular formula is C18H20N2O3. The monoisotopic (exact) mass is 312 g/mol. The van der Waals surface area contributed by atoms with Crippen LogP contribution in [0.15, 0.2) is 28.7 Å². The van der Waals surface area contributed by atoms with Crippen molar-refractivity contribution in [2.75, 3.05) is 13.1 Å². The van der Waals surface area contributed by atoms with Crippen molar-refractivity contribution < 1.29 is 14.0 Å². The Morgan fingerprint density at radius 2 is 2.22 bits per heavy atom. The molecule has 2 atom stereocenters. The van der Waals surface area contributed by atoms with Gasteiger partial charge >= 0.3 is 0 Å². The number of benzene rings is 1. The summed E-state index contributed by atoms with van der Waals surface area (Å²) in [7, 11) is 0. The van der Waals surface area contributed by atoms with Crippen LogP contribution in [0.5, 0.6) is 0 Å². The molecule has 5 heteroatoms. The van der Waals surface area contributed by atoms with E-state index in [0.717, 1.165) is 41.7 Å². The van der Waals surface area contributed by atoms with Crippen molar-refractivity contribution in [2.45, 2.75) is 32.2 Å². The van der Waals surface area contributed by atoms with E-state index in [2.05, 4.69) is 5.32 Å². The van der Waals surface area contributed by atoms with Crippen LogP contribution in [-0.4, -0.2) is 35.8 Å². The molecule has 4 rings (SSSR count). The summed E-state index contributed by atoms with van der Waals surface area (Å²) in [4.78, 5) is 26.6. The van der Waals surface area contributed by atoms with Crippen LogP contribution in [0.1, 0.15) is 24.2 Å². The van der Waals surface area contributed by atoms with Gasteiger partial charge in [0.2, 0.25) is 11.8 Å². The average Bonchev–Trinajstić information content (AvgIpc) is 3.08. The summed E-state index contributed by atoms with van der Waals surface area (Å²) < 4.78 is 5.75. The minimum atomic E-state index is -0.0325. The van der Waals surface area contributed by atoms with Gasteiger partial charge in [0.1, 0.15) is 11.3 Å². The molecule has 2 saturated heterocycles. The minimum Gasteiger partial charge on any atom is -0.461 e. The maximum Gasteiger partial charge on any atom is 0.227 e. The summed E-state index contributed by atoms with van der Waals surface area (Å²) in [6, 6.07) is 7.83. The predicted octanol–water partition coefficient (Wildman–Crippen LogP) is 2.02. The first-order valence-electron chi connectivity index (χ1n) is 8.19. The molecule has 0 bridgehead atoms. The molecule has 0 radical (unpaired) electrons. The molecule has 0 aliphatic carbocycles. The molecule has 1 N–H and O–H groups in total. The largest absolute Gasteiger partial charge is 0.461 e. The van der Waals surface area contributed by atoms with Gasteiger partial charge in [-0.25, -0.2) is 0 Å². The van der Waals surface area contributed by atoms with Crippen molar-refractivity contribution >= 4 is 22.8 Å². The number of aryl methyl sites for hydroxylation is 1. The van der Waals surface area contributed by atoms with Gasteiger partial charge in [-0.2, -0.15) is 0 Å². The van der Waals surface area contributed by atoms with E-state index < -0.39 is 0 Å². The predicted molar refractivity (Wildman–Crippen MR) is 85.9 cm³/mol. The first kappa shape index (κ1) is 14.3. The summed E-state index contributed by atoms with van der Waals surface area (Å²) in [6.07, 6.45) is 2.11. The number of piperidine rings is 1. The van der Waals surface area contributed by atoms with Crippen molar-refractivity contribution in [3.63, 3.8) is 0 Å². The lowest BCUT2D eigenvalue weighted by Gasteiger charge is -2.36. The van der Waals surface area contributed by atoms with E-state index in [-0.39, 0.29) is 23.8 Å². The fourth-order valence-corrected chi connectivity index (χ4v) is 3.95. The number of amides is 2. The van der Waals surface area contributed by atoms with Gasteiger partial charge in [0.05, 0.1) is 18.4 Å². The molecule has 5 nitrogen and oxygen atoms in total. The normalized spacial score (nSPS) is 23.9. The molecule has 2 aliphatic heterocycles. The van der Waals surface area contributed by atoms with E-state index in [9.17, 15) is 9.59 Å². The summed E-state index contributed by atoms with van der Waals surface area (Å²) in [5.74, 6) is 0.951. The Labute approximate surface area is 134 Å². The average molecular weight is 312 g/mol. The number of nitrogens with zero attached hydrogens (tertiary/aromatic N) is 1. The van der Waals surface area contributed by atoms with Gasteiger partial charge in [-0.1, -0.05) is 18.2 Å². The first-order chi connectivity index (χ1) is 11.1. The number of rotatable bonds is 2. The third-order valence-corrected chi connectivity index (χ3v) is 5.15. The SMILES string of the molecule is Cc1oc2ccccc2c1CC(=O)N1CCC[C@H]2C(=O)NC[C@H]21. The maximum atomic E-state index is 12.9. The Balaban J connectivity index is 1.59. The molecule has 2 aromatic rings. The zero-order chi connectivity index (χ0) is 16.0. The number of carbonyl (C=O) groups is 2. The standard InChI is InChI=1S/C18H20N2O3/c1-11-14(12-5-2-3-7-16(12)23-11)9-17(21)20-8-4-6-13-15(20)10-19-18(13)22/h2-3,5,7,13,15H,4,6,8-10H2,1H3,(H,19,22)/t13-,15-/m1/s1. The van der Waals surface area contributed by atoms with E-state index in [4.69, 9.17) is 4.42 Å². The highest BCUT2D eigenvalue weighted by atomic mass is 16.3. The summed E-state index contributed by atoms with van der Waals surface area (Å²) in [6.45, 7) is 3.23. The fraction of sp³-hybridized carbons (Fsp3) is 0.444. The van der Waals surface area contributed by atoms with Crippen LogP contribution in [0, 0.1) is 12.8 Å². The van der Waals surface area contributed by atoms with Crippen molar-refractivity contribution in [3.05, 3.63) is 35.6 Å². The molecule has 1 aromatic heterocycles. The molecule has 120 valence electrons. The van der Waals surface area contributed by atoms with Gasteiger partial charge in [0.25, 0.3) is 0 Å². The van der Waals surface area contributed by atoms with E-state index >= 15 is 0 Å². The Morgan fingerprint density at radius 1 is 1.39 bits per heavy atom. The second kappa shape index (κ2) is 5.41. The molecule has 0 unspecified atom stereocenters. The number of likely N-dealkylation sites (tertiary alicyclic amines) is 1.